The number of carboxylic acid groups (broad SMARTS) is 1. The Labute approximate surface area is 180 Å². The quantitative estimate of drug-likeness (QED) is 0.579. The lowest BCUT2D eigenvalue weighted by Crippen LogP contribution is -2.38. The molecule has 3 aromatic rings. The summed E-state index contributed by atoms with van der Waals surface area (Å²) in [4.78, 5) is 11.5. The smallest absolute Gasteiger partial charge is 0.318 e. The lowest BCUT2D eigenvalue weighted by Gasteiger charge is -2.21. The van der Waals surface area contributed by atoms with Crippen molar-refractivity contribution in [2.24, 2.45) is 0 Å². The van der Waals surface area contributed by atoms with Crippen LogP contribution in [0.15, 0.2) is 83.8 Å². The van der Waals surface area contributed by atoms with Gasteiger partial charge >= 0.3 is 5.97 Å². The molecule has 0 aromatic heterocycles. The Kier molecular flexibility index (Phi) is 5.64. The highest BCUT2D eigenvalue weighted by molar-refractivity contribution is 7.89. The van der Waals surface area contributed by atoms with E-state index in [1.165, 1.54) is 12.1 Å². The van der Waals surface area contributed by atoms with Crippen LogP contribution >= 0.6 is 11.6 Å². The molecule has 1 fully saturated rings. The van der Waals surface area contributed by atoms with Crippen molar-refractivity contribution in [1.82, 2.24) is 4.31 Å². The average molecular weight is 442 g/mol. The number of halogens is 1. The Hall–Kier alpha value is -2.67. The molecule has 30 heavy (non-hydrogen) atoms. The molecule has 4 rings (SSSR count). The summed E-state index contributed by atoms with van der Waals surface area (Å²) < 4.78 is 27.6. The number of rotatable bonds is 7. The fourth-order valence-electron chi connectivity index (χ4n) is 3.67. The van der Waals surface area contributed by atoms with Crippen LogP contribution in [0.3, 0.4) is 0 Å². The van der Waals surface area contributed by atoms with Gasteiger partial charge in [-0.05, 0) is 47.4 Å². The average Bonchev–Trinajstić information content (AvgIpc) is 3.54. The Bertz CT molecular complexity index is 1150. The molecule has 1 saturated carbocycles. The maximum atomic E-state index is 13.3. The molecule has 154 valence electrons. The van der Waals surface area contributed by atoms with Crippen LogP contribution in [0.4, 0.5) is 0 Å². The zero-order valence-corrected chi connectivity index (χ0v) is 17.6. The van der Waals surface area contributed by atoms with Crippen molar-refractivity contribution in [3.63, 3.8) is 0 Å². The second kappa shape index (κ2) is 8.22. The predicted molar refractivity (Wildman–Crippen MR) is 116 cm³/mol. The molecule has 1 aliphatic rings. The second-order valence-electron chi connectivity index (χ2n) is 7.30. The summed E-state index contributed by atoms with van der Waals surface area (Å²) in [5.41, 5.74) is 2.78. The number of sulfonamides is 1. The third-order valence-corrected chi connectivity index (χ3v) is 7.42. The summed E-state index contributed by atoms with van der Waals surface area (Å²) in [5.74, 6) is -1.16. The van der Waals surface area contributed by atoms with E-state index in [2.05, 4.69) is 0 Å². The van der Waals surface area contributed by atoms with E-state index in [-0.39, 0.29) is 16.9 Å². The van der Waals surface area contributed by atoms with Crippen molar-refractivity contribution >= 4 is 27.6 Å². The first-order valence-corrected chi connectivity index (χ1v) is 11.3. The number of benzene rings is 3. The van der Waals surface area contributed by atoms with Crippen molar-refractivity contribution in [2.75, 3.05) is 6.54 Å². The van der Waals surface area contributed by atoms with Gasteiger partial charge in [0.25, 0.3) is 0 Å². The molecule has 0 amide bonds. The molecule has 0 bridgehead atoms. The maximum absolute atomic E-state index is 13.3. The summed E-state index contributed by atoms with van der Waals surface area (Å²) >= 11 is 5.92. The van der Waals surface area contributed by atoms with Gasteiger partial charge in [-0.2, -0.15) is 4.31 Å². The highest BCUT2D eigenvalue weighted by Crippen LogP contribution is 2.46. The van der Waals surface area contributed by atoms with E-state index in [4.69, 9.17) is 11.6 Å². The first-order chi connectivity index (χ1) is 14.4. The molecule has 1 N–H and O–H groups in total. The fourth-order valence-corrected chi connectivity index (χ4v) is 5.42. The Balaban J connectivity index is 1.60. The topological polar surface area (TPSA) is 74.7 Å². The number of hydrogen-bond donors (Lipinski definition) is 1. The van der Waals surface area contributed by atoms with E-state index in [0.717, 1.165) is 21.0 Å². The minimum absolute atomic E-state index is 0.00802. The molecular formula is C23H20ClNO4S. The van der Waals surface area contributed by atoms with Crippen LogP contribution in [0.1, 0.15) is 17.9 Å². The molecule has 0 radical (unpaired) electrons. The summed E-state index contributed by atoms with van der Waals surface area (Å²) in [6.07, 6.45) is 0.610. The SMILES string of the molecule is O=C(O)CN([C@@H]1C[C@H]1c1ccccc1)S(=O)(=O)c1ccc(-c2ccc(Cl)cc2)cc1. The summed E-state index contributed by atoms with van der Waals surface area (Å²) in [6.45, 7) is -0.560. The van der Waals surface area contributed by atoms with Crippen LogP contribution < -0.4 is 0 Å². The van der Waals surface area contributed by atoms with Crippen LogP contribution in [-0.2, 0) is 14.8 Å². The molecule has 2 atom stereocenters. The number of hydrogen-bond acceptors (Lipinski definition) is 3. The Morgan fingerprint density at radius 3 is 2.07 bits per heavy atom. The molecule has 0 saturated heterocycles. The van der Waals surface area contributed by atoms with Gasteiger partial charge in [-0.3, -0.25) is 4.79 Å². The van der Waals surface area contributed by atoms with Crippen molar-refractivity contribution in [2.45, 2.75) is 23.3 Å². The van der Waals surface area contributed by atoms with Gasteiger partial charge in [-0.25, -0.2) is 8.42 Å². The van der Waals surface area contributed by atoms with Crippen LogP contribution in [0.2, 0.25) is 5.02 Å². The molecule has 0 unspecified atom stereocenters. The van der Waals surface area contributed by atoms with Crippen molar-refractivity contribution < 1.29 is 18.3 Å². The Morgan fingerprint density at radius 1 is 0.933 bits per heavy atom. The van der Waals surface area contributed by atoms with Gasteiger partial charge in [-0.15, -0.1) is 0 Å². The third-order valence-electron chi connectivity index (χ3n) is 5.28. The van der Waals surface area contributed by atoms with Crippen LogP contribution in [0.25, 0.3) is 11.1 Å². The van der Waals surface area contributed by atoms with E-state index < -0.39 is 22.5 Å². The monoisotopic (exact) mass is 441 g/mol. The van der Waals surface area contributed by atoms with Gasteiger partial charge in [0.15, 0.2) is 0 Å². The minimum Gasteiger partial charge on any atom is -0.480 e. The van der Waals surface area contributed by atoms with E-state index in [1.807, 2.05) is 42.5 Å². The highest BCUT2D eigenvalue weighted by Gasteiger charge is 2.48. The number of aliphatic carboxylic acids is 1. The molecule has 7 heteroatoms. The third kappa shape index (κ3) is 4.26. The number of carboxylic acids is 1. The summed E-state index contributed by atoms with van der Waals surface area (Å²) in [6, 6.07) is 23.0. The van der Waals surface area contributed by atoms with Gasteiger partial charge in [0, 0.05) is 17.0 Å². The summed E-state index contributed by atoms with van der Waals surface area (Å²) in [7, 11) is -3.95. The lowest BCUT2D eigenvalue weighted by molar-refractivity contribution is -0.137. The van der Waals surface area contributed by atoms with Gasteiger partial charge in [-0.1, -0.05) is 66.2 Å². The standard InChI is InChI=1S/C23H20ClNO4S/c24-19-10-6-16(7-11-19)17-8-12-20(13-9-17)30(28,29)25(15-23(26)27)22-14-21(22)18-4-2-1-3-5-18/h1-13,21-22H,14-15H2,(H,26,27)/t21-,22+/m0/s1. The maximum Gasteiger partial charge on any atom is 0.318 e. The predicted octanol–water partition coefficient (Wildman–Crippen LogP) is 4.64. The van der Waals surface area contributed by atoms with Crippen molar-refractivity contribution in [1.29, 1.82) is 0 Å². The molecule has 5 nitrogen and oxygen atoms in total. The van der Waals surface area contributed by atoms with Crippen LogP contribution in [0.5, 0.6) is 0 Å². The van der Waals surface area contributed by atoms with E-state index in [9.17, 15) is 18.3 Å². The van der Waals surface area contributed by atoms with Crippen LogP contribution in [-0.4, -0.2) is 36.4 Å². The van der Waals surface area contributed by atoms with Crippen molar-refractivity contribution in [3.8, 4) is 11.1 Å². The molecule has 0 heterocycles. The zero-order valence-electron chi connectivity index (χ0n) is 16.0. The van der Waals surface area contributed by atoms with Gasteiger partial charge in [0.05, 0.1) is 4.90 Å². The normalized spacial score (nSPS) is 18.3. The minimum atomic E-state index is -3.95. The van der Waals surface area contributed by atoms with Gasteiger partial charge in [0.1, 0.15) is 6.54 Å². The van der Waals surface area contributed by atoms with Crippen LogP contribution in [0, 0.1) is 0 Å². The molecule has 0 aliphatic heterocycles. The van der Waals surface area contributed by atoms with Gasteiger partial charge in [0.2, 0.25) is 10.0 Å². The lowest BCUT2D eigenvalue weighted by atomic mass is 10.1. The molecule has 3 aromatic carbocycles. The number of carbonyl (C=O) groups is 1. The van der Waals surface area contributed by atoms with Crippen molar-refractivity contribution in [3.05, 3.63) is 89.4 Å². The van der Waals surface area contributed by atoms with Gasteiger partial charge < -0.3 is 5.11 Å². The molecule has 0 spiro atoms. The molecule has 1 aliphatic carbocycles. The first kappa shape index (κ1) is 20.6. The summed E-state index contributed by atoms with van der Waals surface area (Å²) in [5, 5.41) is 9.95. The zero-order chi connectivity index (χ0) is 21.3. The first-order valence-electron chi connectivity index (χ1n) is 9.51. The Morgan fingerprint density at radius 2 is 1.50 bits per heavy atom. The van der Waals surface area contributed by atoms with E-state index in [1.54, 1.807) is 24.3 Å². The highest BCUT2D eigenvalue weighted by atomic mass is 35.5. The second-order valence-corrected chi connectivity index (χ2v) is 9.62. The molecular weight excluding hydrogens is 422 g/mol. The van der Waals surface area contributed by atoms with E-state index in [0.29, 0.717) is 11.4 Å². The number of nitrogens with zero attached hydrogens (tertiary/aromatic N) is 1. The fraction of sp³-hybridized carbons (Fsp3) is 0.174. The largest absolute Gasteiger partial charge is 0.480 e. The van der Waals surface area contributed by atoms with E-state index >= 15 is 0 Å².